The van der Waals surface area contributed by atoms with Gasteiger partial charge in [-0.05, 0) is 25.5 Å². The second kappa shape index (κ2) is 7.46. The molecular weight excluding hydrogens is 267 g/mol. The van der Waals surface area contributed by atoms with Crippen molar-refractivity contribution in [1.82, 2.24) is 10.2 Å². The fourth-order valence-corrected chi connectivity index (χ4v) is 2.29. The Hall–Kier alpha value is -1.13. The van der Waals surface area contributed by atoms with E-state index in [0.29, 0.717) is 12.1 Å². The summed E-state index contributed by atoms with van der Waals surface area (Å²) in [7, 11) is 1.73. The molecule has 0 unspecified atom stereocenters. The zero-order valence-electron chi connectivity index (χ0n) is 11.1. The molecule has 1 atom stereocenters. The van der Waals surface area contributed by atoms with Gasteiger partial charge in [-0.25, -0.2) is 4.39 Å². The van der Waals surface area contributed by atoms with E-state index in [0.717, 1.165) is 25.8 Å². The summed E-state index contributed by atoms with van der Waals surface area (Å²) in [6.45, 7) is 1.22. The lowest BCUT2D eigenvalue weighted by Crippen LogP contribution is -2.47. The Morgan fingerprint density at radius 3 is 2.79 bits per heavy atom. The molecule has 106 valence electrons. The first kappa shape index (κ1) is 15.9. The van der Waals surface area contributed by atoms with Crippen molar-refractivity contribution >= 4 is 18.3 Å². The van der Waals surface area contributed by atoms with Gasteiger partial charge in [0.1, 0.15) is 5.82 Å². The smallest absolute Gasteiger partial charge is 0.239 e. The number of halogens is 2. The molecule has 1 aromatic rings. The normalized spacial score (nSPS) is 18.5. The molecule has 1 amide bonds. The van der Waals surface area contributed by atoms with E-state index in [1.54, 1.807) is 30.1 Å². The molecule has 5 heteroatoms. The number of benzene rings is 1. The second-order valence-electron chi connectivity index (χ2n) is 4.79. The molecule has 0 radical (unpaired) electrons. The van der Waals surface area contributed by atoms with Gasteiger partial charge in [0, 0.05) is 19.2 Å². The fourth-order valence-electron chi connectivity index (χ4n) is 2.29. The van der Waals surface area contributed by atoms with Crippen molar-refractivity contribution in [2.75, 3.05) is 13.6 Å². The van der Waals surface area contributed by atoms with Gasteiger partial charge in [0.05, 0.1) is 6.04 Å². The van der Waals surface area contributed by atoms with Gasteiger partial charge in [0.15, 0.2) is 0 Å². The number of carbonyl (C=O) groups excluding carboxylic acids is 1. The van der Waals surface area contributed by atoms with Crippen LogP contribution in [-0.4, -0.2) is 30.4 Å². The van der Waals surface area contributed by atoms with E-state index in [4.69, 9.17) is 0 Å². The van der Waals surface area contributed by atoms with Crippen LogP contribution in [-0.2, 0) is 11.3 Å². The number of hydrogen-bond acceptors (Lipinski definition) is 2. The van der Waals surface area contributed by atoms with Crippen LogP contribution in [0.15, 0.2) is 24.3 Å². The molecule has 3 nitrogen and oxygen atoms in total. The average molecular weight is 287 g/mol. The van der Waals surface area contributed by atoms with Crippen LogP contribution in [0.25, 0.3) is 0 Å². The minimum Gasteiger partial charge on any atom is -0.340 e. The van der Waals surface area contributed by atoms with Crippen molar-refractivity contribution in [3.63, 3.8) is 0 Å². The summed E-state index contributed by atoms with van der Waals surface area (Å²) in [6.07, 6.45) is 3.08. The third-order valence-electron chi connectivity index (χ3n) is 3.35. The minimum atomic E-state index is -0.256. The molecule has 0 aromatic heterocycles. The molecule has 0 aliphatic carbocycles. The van der Waals surface area contributed by atoms with Crippen LogP contribution in [0.1, 0.15) is 24.8 Å². The summed E-state index contributed by atoms with van der Waals surface area (Å²) in [4.78, 5) is 13.8. The second-order valence-corrected chi connectivity index (χ2v) is 4.79. The van der Waals surface area contributed by atoms with Gasteiger partial charge < -0.3 is 10.2 Å². The fraction of sp³-hybridized carbons (Fsp3) is 0.500. The molecule has 0 spiro atoms. The first-order chi connectivity index (χ1) is 8.68. The molecule has 0 bridgehead atoms. The highest BCUT2D eigenvalue weighted by Gasteiger charge is 2.23. The molecule has 1 aliphatic heterocycles. The standard InChI is InChI=1S/C14H19FN2O.ClH/c1-17(10-11-6-2-3-7-12(11)15)14(18)13-8-4-5-9-16-13;/h2-3,6-7,13,16H,4-5,8-10H2,1H3;1H/t13-;/m1./s1. The number of hydrogen-bond donors (Lipinski definition) is 1. The van der Waals surface area contributed by atoms with Gasteiger partial charge in [-0.15, -0.1) is 12.4 Å². The van der Waals surface area contributed by atoms with Crippen LogP contribution in [0.5, 0.6) is 0 Å². The minimum absolute atomic E-state index is 0. The van der Waals surface area contributed by atoms with Gasteiger partial charge in [-0.3, -0.25) is 4.79 Å². The first-order valence-corrected chi connectivity index (χ1v) is 6.40. The van der Waals surface area contributed by atoms with Crippen molar-refractivity contribution in [1.29, 1.82) is 0 Å². The van der Waals surface area contributed by atoms with E-state index < -0.39 is 0 Å². The number of likely N-dealkylation sites (N-methyl/N-ethyl adjacent to an activating group) is 1. The van der Waals surface area contributed by atoms with E-state index in [1.807, 2.05) is 0 Å². The molecule has 1 fully saturated rings. The van der Waals surface area contributed by atoms with Gasteiger partial charge in [0.2, 0.25) is 5.91 Å². The summed E-state index contributed by atoms with van der Waals surface area (Å²) < 4.78 is 13.5. The predicted molar refractivity (Wildman–Crippen MR) is 75.8 cm³/mol. The SMILES string of the molecule is CN(Cc1ccccc1F)C(=O)[C@H]1CCCCN1.Cl. The molecule has 2 rings (SSSR count). The number of piperidine rings is 1. The Bertz CT molecular complexity index is 422. The highest BCUT2D eigenvalue weighted by atomic mass is 35.5. The Kier molecular flexibility index (Phi) is 6.25. The molecule has 1 aliphatic rings. The molecule has 1 heterocycles. The van der Waals surface area contributed by atoms with Crippen molar-refractivity contribution in [3.05, 3.63) is 35.6 Å². The summed E-state index contributed by atoms with van der Waals surface area (Å²) in [5.74, 6) is -0.202. The monoisotopic (exact) mass is 286 g/mol. The van der Waals surface area contributed by atoms with Crippen molar-refractivity contribution < 1.29 is 9.18 Å². The lowest BCUT2D eigenvalue weighted by Gasteiger charge is -2.27. The third kappa shape index (κ3) is 4.18. The topological polar surface area (TPSA) is 32.3 Å². The molecular formula is C14H20ClFN2O. The van der Waals surface area contributed by atoms with Gasteiger partial charge in [-0.2, -0.15) is 0 Å². The first-order valence-electron chi connectivity index (χ1n) is 6.40. The van der Waals surface area contributed by atoms with E-state index >= 15 is 0 Å². The number of rotatable bonds is 3. The summed E-state index contributed by atoms with van der Waals surface area (Å²) in [5, 5.41) is 3.22. The summed E-state index contributed by atoms with van der Waals surface area (Å²) in [6, 6.07) is 6.48. The number of amides is 1. The van der Waals surface area contributed by atoms with Crippen molar-refractivity contribution in [2.24, 2.45) is 0 Å². The molecule has 1 saturated heterocycles. The number of nitrogens with one attached hydrogen (secondary N) is 1. The number of carbonyl (C=O) groups is 1. The predicted octanol–water partition coefficient (Wildman–Crippen LogP) is 2.35. The lowest BCUT2D eigenvalue weighted by molar-refractivity contribution is -0.133. The Morgan fingerprint density at radius 1 is 1.42 bits per heavy atom. The van der Waals surface area contributed by atoms with Gasteiger partial charge in [-0.1, -0.05) is 24.6 Å². The Labute approximate surface area is 119 Å². The highest BCUT2D eigenvalue weighted by molar-refractivity contribution is 5.85. The largest absolute Gasteiger partial charge is 0.340 e. The van der Waals surface area contributed by atoms with Crippen LogP contribution in [0.3, 0.4) is 0 Å². The van der Waals surface area contributed by atoms with Gasteiger partial charge in [0.25, 0.3) is 0 Å². The lowest BCUT2D eigenvalue weighted by atomic mass is 10.0. The molecule has 0 saturated carbocycles. The third-order valence-corrected chi connectivity index (χ3v) is 3.35. The van der Waals surface area contributed by atoms with Crippen LogP contribution in [0.4, 0.5) is 4.39 Å². The zero-order valence-corrected chi connectivity index (χ0v) is 11.9. The van der Waals surface area contributed by atoms with Crippen molar-refractivity contribution in [3.8, 4) is 0 Å². The Morgan fingerprint density at radius 2 is 2.16 bits per heavy atom. The molecule has 19 heavy (non-hydrogen) atoms. The number of nitrogens with zero attached hydrogens (tertiary/aromatic N) is 1. The van der Waals surface area contributed by atoms with Gasteiger partial charge >= 0.3 is 0 Å². The molecule has 1 aromatic carbocycles. The quantitative estimate of drug-likeness (QED) is 0.925. The van der Waals surface area contributed by atoms with E-state index in [1.165, 1.54) is 6.07 Å². The van der Waals surface area contributed by atoms with E-state index in [2.05, 4.69) is 5.32 Å². The van der Waals surface area contributed by atoms with Crippen LogP contribution in [0, 0.1) is 5.82 Å². The van der Waals surface area contributed by atoms with E-state index in [-0.39, 0.29) is 30.2 Å². The maximum Gasteiger partial charge on any atom is 0.239 e. The van der Waals surface area contributed by atoms with Crippen LogP contribution in [0.2, 0.25) is 0 Å². The van der Waals surface area contributed by atoms with Crippen LogP contribution >= 0.6 is 12.4 Å². The Balaban J connectivity index is 0.00000180. The van der Waals surface area contributed by atoms with Crippen molar-refractivity contribution in [2.45, 2.75) is 31.8 Å². The van der Waals surface area contributed by atoms with E-state index in [9.17, 15) is 9.18 Å². The summed E-state index contributed by atoms with van der Waals surface area (Å²) in [5.41, 5.74) is 0.559. The summed E-state index contributed by atoms with van der Waals surface area (Å²) >= 11 is 0. The average Bonchev–Trinajstić information content (AvgIpc) is 2.41. The highest BCUT2D eigenvalue weighted by Crippen LogP contribution is 2.13. The molecule has 1 N–H and O–H groups in total. The maximum absolute atomic E-state index is 13.5. The maximum atomic E-state index is 13.5. The zero-order chi connectivity index (χ0) is 13.0. The van der Waals surface area contributed by atoms with Crippen LogP contribution < -0.4 is 5.32 Å².